The molecule has 19 heavy (non-hydrogen) atoms. The minimum Gasteiger partial charge on any atom is -0.315 e. The summed E-state index contributed by atoms with van der Waals surface area (Å²) in [5, 5.41) is 3.15. The highest BCUT2D eigenvalue weighted by atomic mass is 79.9. The van der Waals surface area contributed by atoms with Gasteiger partial charge in [0.25, 0.3) is 0 Å². The first kappa shape index (κ1) is 18.9. The predicted octanol–water partition coefficient (Wildman–Crippen LogP) is 2.46. The maximum atomic E-state index is 12.0. The summed E-state index contributed by atoms with van der Waals surface area (Å²) in [5.74, 6) is 0. The monoisotopic (exact) mass is 370 g/mol. The summed E-state index contributed by atoms with van der Waals surface area (Å²) in [6.45, 7) is 5.88. The minimum absolute atomic E-state index is 0. The third-order valence-corrected chi connectivity index (χ3v) is 4.81. The van der Waals surface area contributed by atoms with Gasteiger partial charge in [0.2, 0.25) is 10.0 Å². The van der Waals surface area contributed by atoms with Crippen molar-refractivity contribution in [1.29, 1.82) is 0 Å². The zero-order valence-electron chi connectivity index (χ0n) is 11.1. The second kappa shape index (κ2) is 8.92. The van der Waals surface area contributed by atoms with E-state index >= 15 is 0 Å². The van der Waals surface area contributed by atoms with Crippen LogP contribution in [0.25, 0.3) is 0 Å². The summed E-state index contributed by atoms with van der Waals surface area (Å²) < 4.78 is 27.4. The molecule has 0 aliphatic rings. The van der Waals surface area contributed by atoms with Crippen LogP contribution in [0.1, 0.15) is 18.9 Å². The molecule has 1 rings (SSSR count). The van der Waals surface area contributed by atoms with Crippen LogP contribution in [0.5, 0.6) is 0 Å². The Labute approximate surface area is 130 Å². The van der Waals surface area contributed by atoms with Gasteiger partial charge in [-0.25, -0.2) is 13.1 Å². The Kier molecular flexibility index (Phi) is 8.85. The first-order chi connectivity index (χ1) is 8.47. The van der Waals surface area contributed by atoms with Gasteiger partial charge in [-0.2, -0.15) is 0 Å². The first-order valence-electron chi connectivity index (χ1n) is 5.94. The van der Waals surface area contributed by atoms with E-state index in [1.807, 2.05) is 6.92 Å². The standard InChI is InChI=1S/C12H19BrN2O2S.ClH/c1-3-6-14-7-8-15-18(16,17)11-4-5-12(13)10(2)9-11;/h4-5,9,14-15H,3,6-8H2,1-2H3;1H. The molecule has 1 aromatic rings. The van der Waals surface area contributed by atoms with Gasteiger partial charge in [-0.3, -0.25) is 0 Å². The van der Waals surface area contributed by atoms with Crippen LogP contribution in [-0.4, -0.2) is 28.1 Å². The summed E-state index contributed by atoms with van der Waals surface area (Å²) in [7, 11) is -3.40. The number of sulfonamides is 1. The normalized spacial score (nSPS) is 11.1. The van der Waals surface area contributed by atoms with Crippen molar-refractivity contribution < 1.29 is 8.42 Å². The lowest BCUT2D eigenvalue weighted by molar-refractivity contribution is 0.575. The predicted molar refractivity (Wildman–Crippen MR) is 84.5 cm³/mol. The number of benzene rings is 1. The smallest absolute Gasteiger partial charge is 0.240 e. The number of hydrogen-bond acceptors (Lipinski definition) is 3. The average molecular weight is 372 g/mol. The van der Waals surface area contributed by atoms with Gasteiger partial charge in [-0.05, 0) is 43.7 Å². The van der Waals surface area contributed by atoms with E-state index in [2.05, 4.69) is 32.9 Å². The second-order valence-electron chi connectivity index (χ2n) is 4.06. The van der Waals surface area contributed by atoms with Crippen LogP contribution in [0.4, 0.5) is 0 Å². The van der Waals surface area contributed by atoms with Crippen LogP contribution in [-0.2, 0) is 10.0 Å². The number of nitrogens with one attached hydrogen (secondary N) is 2. The van der Waals surface area contributed by atoms with Gasteiger partial charge >= 0.3 is 0 Å². The lowest BCUT2D eigenvalue weighted by Crippen LogP contribution is -2.32. The molecular formula is C12H20BrClN2O2S. The van der Waals surface area contributed by atoms with Gasteiger partial charge in [0, 0.05) is 17.6 Å². The van der Waals surface area contributed by atoms with E-state index in [1.165, 1.54) is 0 Å². The van der Waals surface area contributed by atoms with Crippen LogP contribution < -0.4 is 10.0 Å². The average Bonchev–Trinajstić information content (AvgIpc) is 2.32. The Morgan fingerprint density at radius 2 is 1.89 bits per heavy atom. The van der Waals surface area contributed by atoms with Gasteiger partial charge < -0.3 is 5.32 Å². The summed E-state index contributed by atoms with van der Waals surface area (Å²) in [6, 6.07) is 5.00. The quantitative estimate of drug-likeness (QED) is 0.724. The lowest BCUT2D eigenvalue weighted by Gasteiger charge is -2.08. The number of halogens is 2. The van der Waals surface area contributed by atoms with Crippen molar-refractivity contribution in [2.45, 2.75) is 25.2 Å². The molecule has 0 amide bonds. The number of rotatable bonds is 7. The molecule has 1 aromatic carbocycles. The molecule has 0 radical (unpaired) electrons. The molecule has 7 heteroatoms. The fourth-order valence-corrected chi connectivity index (χ4v) is 2.81. The van der Waals surface area contributed by atoms with Crippen LogP contribution >= 0.6 is 28.3 Å². The van der Waals surface area contributed by atoms with Crippen LogP contribution in [0.3, 0.4) is 0 Å². The van der Waals surface area contributed by atoms with Crippen molar-refractivity contribution in [3.8, 4) is 0 Å². The molecule has 0 heterocycles. The Hall–Kier alpha value is -0.140. The van der Waals surface area contributed by atoms with Gasteiger partial charge in [0.15, 0.2) is 0 Å². The molecule has 0 bridgehead atoms. The Morgan fingerprint density at radius 1 is 1.21 bits per heavy atom. The molecule has 0 aromatic heterocycles. The van der Waals surface area contributed by atoms with Gasteiger partial charge in [0.05, 0.1) is 4.90 Å². The van der Waals surface area contributed by atoms with E-state index in [0.717, 1.165) is 23.0 Å². The molecule has 0 aliphatic carbocycles. The largest absolute Gasteiger partial charge is 0.315 e. The maximum Gasteiger partial charge on any atom is 0.240 e. The fourth-order valence-electron chi connectivity index (χ4n) is 1.44. The molecule has 0 unspecified atom stereocenters. The molecule has 0 fully saturated rings. The molecule has 0 spiro atoms. The highest BCUT2D eigenvalue weighted by Crippen LogP contribution is 2.19. The van der Waals surface area contributed by atoms with Crippen molar-refractivity contribution in [2.24, 2.45) is 0 Å². The second-order valence-corrected chi connectivity index (χ2v) is 6.68. The topological polar surface area (TPSA) is 58.2 Å². The molecule has 0 aliphatic heterocycles. The van der Waals surface area contributed by atoms with E-state index < -0.39 is 10.0 Å². The van der Waals surface area contributed by atoms with Gasteiger partial charge in [-0.1, -0.05) is 22.9 Å². The SMILES string of the molecule is CCCNCCNS(=O)(=O)c1ccc(Br)c(C)c1.Cl. The lowest BCUT2D eigenvalue weighted by atomic mass is 10.2. The fraction of sp³-hybridized carbons (Fsp3) is 0.500. The van der Waals surface area contributed by atoms with Gasteiger partial charge in [0.1, 0.15) is 0 Å². The molecule has 110 valence electrons. The Bertz CT molecular complexity index is 495. The summed E-state index contributed by atoms with van der Waals surface area (Å²) in [6.07, 6.45) is 1.04. The maximum absolute atomic E-state index is 12.0. The van der Waals surface area contributed by atoms with Gasteiger partial charge in [-0.15, -0.1) is 12.4 Å². The zero-order chi connectivity index (χ0) is 13.6. The summed E-state index contributed by atoms with van der Waals surface area (Å²) in [4.78, 5) is 0.304. The summed E-state index contributed by atoms with van der Waals surface area (Å²) >= 11 is 3.35. The van der Waals surface area contributed by atoms with Crippen molar-refractivity contribution in [1.82, 2.24) is 10.0 Å². The van der Waals surface area contributed by atoms with Crippen LogP contribution in [0.15, 0.2) is 27.6 Å². The van der Waals surface area contributed by atoms with E-state index in [-0.39, 0.29) is 12.4 Å². The van der Waals surface area contributed by atoms with Crippen molar-refractivity contribution >= 4 is 38.4 Å². The number of hydrogen-bond donors (Lipinski definition) is 2. The molecule has 4 nitrogen and oxygen atoms in total. The van der Waals surface area contributed by atoms with E-state index in [9.17, 15) is 8.42 Å². The summed E-state index contributed by atoms with van der Waals surface area (Å²) in [5.41, 5.74) is 0.905. The zero-order valence-corrected chi connectivity index (χ0v) is 14.3. The molecule has 0 saturated heterocycles. The van der Waals surface area contributed by atoms with Crippen LogP contribution in [0, 0.1) is 6.92 Å². The van der Waals surface area contributed by atoms with E-state index in [1.54, 1.807) is 18.2 Å². The molecular weight excluding hydrogens is 352 g/mol. The third kappa shape index (κ3) is 6.23. The third-order valence-electron chi connectivity index (χ3n) is 2.46. The van der Waals surface area contributed by atoms with Crippen molar-refractivity contribution in [3.05, 3.63) is 28.2 Å². The van der Waals surface area contributed by atoms with Crippen molar-refractivity contribution in [3.63, 3.8) is 0 Å². The number of aryl methyl sites for hydroxylation is 1. The Morgan fingerprint density at radius 3 is 2.47 bits per heavy atom. The minimum atomic E-state index is -3.40. The van der Waals surface area contributed by atoms with E-state index in [4.69, 9.17) is 0 Å². The van der Waals surface area contributed by atoms with Crippen LogP contribution in [0.2, 0.25) is 0 Å². The highest BCUT2D eigenvalue weighted by molar-refractivity contribution is 9.10. The molecule has 0 atom stereocenters. The van der Waals surface area contributed by atoms with Crippen molar-refractivity contribution in [2.75, 3.05) is 19.6 Å². The first-order valence-corrected chi connectivity index (χ1v) is 8.21. The molecule has 2 N–H and O–H groups in total. The van der Waals surface area contributed by atoms with E-state index in [0.29, 0.717) is 18.0 Å². The Balaban J connectivity index is 0.00000324. The molecule has 0 saturated carbocycles. The highest BCUT2D eigenvalue weighted by Gasteiger charge is 2.13.